The molecule has 1 N–H and O–H groups in total. The van der Waals surface area contributed by atoms with Crippen molar-refractivity contribution in [1.29, 1.82) is 0 Å². The number of carbonyl (C=O) groups is 1. The maximum atomic E-state index is 11.9. The molecule has 1 aliphatic heterocycles. The van der Waals surface area contributed by atoms with Crippen molar-refractivity contribution >= 4 is 38.5 Å². The third-order valence-corrected chi connectivity index (χ3v) is 5.44. The maximum absolute atomic E-state index is 11.9. The number of amides is 1. The summed E-state index contributed by atoms with van der Waals surface area (Å²) >= 11 is 3.47. The minimum atomic E-state index is -0.524. The molecule has 0 spiro atoms. The third-order valence-electron chi connectivity index (χ3n) is 4.81. The zero-order valence-electron chi connectivity index (χ0n) is 16.8. The van der Waals surface area contributed by atoms with E-state index >= 15 is 0 Å². The van der Waals surface area contributed by atoms with Gasteiger partial charge in [0.2, 0.25) is 0 Å². The molecular weight excluding hydrogens is 440 g/mol. The van der Waals surface area contributed by atoms with Crippen molar-refractivity contribution in [3.8, 4) is 0 Å². The lowest BCUT2D eigenvalue weighted by atomic mass is 10.0. The lowest BCUT2D eigenvalue weighted by Crippen LogP contribution is -2.45. The number of alkyl carbamates (subject to hydrolysis) is 1. The van der Waals surface area contributed by atoms with Crippen LogP contribution in [0.15, 0.2) is 29.0 Å². The van der Waals surface area contributed by atoms with E-state index in [1.807, 2.05) is 26.8 Å². The van der Waals surface area contributed by atoms with Crippen molar-refractivity contribution in [3.63, 3.8) is 0 Å². The third kappa shape index (κ3) is 5.63. The summed E-state index contributed by atoms with van der Waals surface area (Å²) in [4.78, 5) is 29.4. The van der Waals surface area contributed by atoms with Crippen LogP contribution in [0.2, 0.25) is 0 Å². The van der Waals surface area contributed by atoms with Gasteiger partial charge in [-0.3, -0.25) is 20.0 Å². The van der Waals surface area contributed by atoms with Gasteiger partial charge < -0.3 is 10.1 Å². The van der Waals surface area contributed by atoms with Gasteiger partial charge in [0.15, 0.2) is 0 Å². The van der Waals surface area contributed by atoms with E-state index < -0.39 is 11.7 Å². The van der Waals surface area contributed by atoms with E-state index in [0.717, 1.165) is 41.2 Å². The lowest BCUT2D eigenvalue weighted by molar-refractivity contribution is -0.385. The highest BCUT2D eigenvalue weighted by Gasteiger charge is 2.25. The number of piperidine rings is 1. The summed E-state index contributed by atoms with van der Waals surface area (Å²) in [5.74, 6) is 0. The van der Waals surface area contributed by atoms with Gasteiger partial charge in [0, 0.05) is 59.6 Å². The van der Waals surface area contributed by atoms with Gasteiger partial charge in [0.1, 0.15) is 5.60 Å². The van der Waals surface area contributed by atoms with Crippen LogP contribution < -0.4 is 5.32 Å². The molecule has 29 heavy (non-hydrogen) atoms. The Bertz CT molecular complexity index is 921. The number of carbonyl (C=O) groups excluding carboxylic acids is 1. The van der Waals surface area contributed by atoms with Crippen LogP contribution in [0.3, 0.4) is 0 Å². The second-order valence-electron chi connectivity index (χ2n) is 8.28. The number of nitro groups is 1. The van der Waals surface area contributed by atoms with E-state index in [4.69, 9.17) is 4.74 Å². The molecule has 0 radical (unpaired) electrons. The zero-order chi connectivity index (χ0) is 21.2. The number of halogens is 1. The molecule has 8 nitrogen and oxygen atoms in total. The molecule has 3 rings (SSSR count). The fourth-order valence-corrected chi connectivity index (χ4v) is 3.92. The van der Waals surface area contributed by atoms with Crippen molar-refractivity contribution in [1.82, 2.24) is 15.2 Å². The van der Waals surface area contributed by atoms with Gasteiger partial charge in [-0.25, -0.2) is 4.79 Å². The molecule has 1 fully saturated rings. The number of aromatic nitrogens is 1. The van der Waals surface area contributed by atoms with E-state index in [1.54, 1.807) is 18.5 Å². The molecule has 0 aliphatic carbocycles. The highest BCUT2D eigenvalue weighted by molar-refractivity contribution is 9.10. The average Bonchev–Trinajstić information content (AvgIpc) is 2.62. The topological polar surface area (TPSA) is 97.6 Å². The Hall–Kier alpha value is -2.26. The second kappa shape index (κ2) is 8.62. The number of hydrogen-bond acceptors (Lipinski definition) is 6. The number of rotatable bonds is 4. The Morgan fingerprint density at radius 3 is 2.66 bits per heavy atom. The highest BCUT2D eigenvalue weighted by atomic mass is 79.9. The molecule has 9 heteroatoms. The van der Waals surface area contributed by atoms with Gasteiger partial charge in [0.25, 0.3) is 5.69 Å². The fourth-order valence-electron chi connectivity index (χ4n) is 3.46. The van der Waals surface area contributed by atoms with Crippen LogP contribution in [0.5, 0.6) is 0 Å². The van der Waals surface area contributed by atoms with E-state index in [9.17, 15) is 14.9 Å². The fraction of sp³-hybridized carbons (Fsp3) is 0.500. The first-order valence-electron chi connectivity index (χ1n) is 9.55. The van der Waals surface area contributed by atoms with Crippen molar-refractivity contribution in [2.75, 3.05) is 13.1 Å². The standard InChI is InChI=1S/C20H25BrN4O4/c1-20(2,3)29-19(26)23-15-4-6-24(7-5-15)12-14-8-16-13(9-18(14)25(27)28)10-22-11-17(16)21/h8-11,15H,4-7,12H2,1-3H3,(H,23,26). The van der Waals surface area contributed by atoms with E-state index in [2.05, 4.69) is 31.1 Å². The Kier molecular flexibility index (Phi) is 6.38. The Balaban J connectivity index is 1.66. The average molecular weight is 465 g/mol. The summed E-state index contributed by atoms with van der Waals surface area (Å²) in [5, 5.41) is 16.1. The number of fused-ring (bicyclic) bond motifs is 1. The number of benzene rings is 1. The zero-order valence-corrected chi connectivity index (χ0v) is 18.4. The van der Waals surface area contributed by atoms with Crippen LogP contribution in [0, 0.1) is 10.1 Å². The molecule has 1 saturated heterocycles. The van der Waals surface area contributed by atoms with Crippen molar-refractivity contribution in [3.05, 3.63) is 44.7 Å². The minimum absolute atomic E-state index is 0.0490. The molecule has 2 heterocycles. The number of nitrogens with one attached hydrogen (secondary N) is 1. The number of pyridine rings is 1. The quantitative estimate of drug-likeness (QED) is 0.531. The summed E-state index contributed by atoms with van der Waals surface area (Å²) in [5.41, 5.74) is 0.253. The van der Waals surface area contributed by atoms with Gasteiger partial charge >= 0.3 is 6.09 Å². The van der Waals surface area contributed by atoms with Crippen LogP contribution in [0.1, 0.15) is 39.2 Å². The van der Waals surface area contributed by atoms with Crippen molar-refractivity contribution in [2.45, 2.75) is 51.8 Å². The smallest absolute Gasteiger partial charge is 0.407 e. The van der Waals surface area contributed by atoms with Gasteiger partial charge in [-0.2, -0.15) is 0 Å². The summed E-state index contributed by atoms with van der Waals surface area (Å²) in [7, 11) is 0. The first-order valence-corrected chi connectivity index (χ1v) is 10.3. The van der Waals surface area contributed by atoms with Gasteiger partial charge in [-0.05, 0) is 61.0 Å². The van der Waals surface area contributed by atoms with Crippen molar-refractivity contribution in [2.24, 2.45) is 0 Å². The van der Waals surface area contributed by atoms with Crippen LogP contribution in [-0.2, 0) is 11.3 Å². The highest BCUT2D eigenvalue weighted by Crippen LogP contribution is 2.31. The largest absolute Gasteiger partial charge is 0.444 e. The van der Waals surface area contributed by atoms with Crippen LogP contribution in [0.4, 0.5) is 10.5 Å². The van der Waals surface area contributed by atoms with Gasteiger partial charge in [0.05, 0.1) is 4.92 Å². The first-order chi connectivity index (χ1) is 13.6. The lowest BCUT2D eigenvalue weighted by Gasteiger charge is -2.32. The van der Waals surface area contributed by atoms with E-state index in [-0.39, 0.29) is 16.7 Å². The Morgan fingerprint density at radius 1 is 1.34 bits per heavy atom. The summed E-state index contributed by atoms with van der Waals surface area (Å²) in [6.45, 7) is 7.47. The summed E-state index contributed by atoms with van der Waals surface area (Å²) in [6.07, 6.45) is 4.46. The molecule has 1 amide bonds. The van der Waals surface area contributed by atoms with Gasteiger partial charge in [-0.1, -0.05) is 0 Å². The van der Waals surface area contributed by atoms with Crippen molar-refractivity contribution < 1.29 is 14.5 Å². The number of likely N-dealkylation sites (tertiary alicyclic amines) is 1. The predicted octanol–water partition coefficient (Wildman–Crippen LogP) is 4.39. The maximum Gasteiger partial charge on any atom is 0.407 e. The molecule has 156 valence electrons. The normalized spacial score (nSPS) is 16.0. The Morgan fingerprint density at radius 2 is 2.03 bits per heavy atom. The number of ether oxygens (including phenoxy) is 1. The molecule has 0 bridgehead atoms. The molecule has 1 aromatic heterocycles. The number of nitro benzene ring substituents is 1. The van der Waals surface area contributed by atoms with Gasteiger partial charge in [-0.15, -0.1) is 0 Å². The molecule has 0 atom stereocenters. The summed E-state index contributed by atoms with van der Waals surface area (Å²) in [6, 6.07) is 3.50. The monoisotopic (exact) mass is 464 g/mol. The SMILES string of the molecule is CC(C)(C)OC(=O)NC1CCN(Cc2cc3c(Br)cncc3cc2[N+](=O)[O-])CC1. The predicted molar refractivity (Wildman–Crippen MR) is 114 cm³/mol. The van der Waals surface area contributed by atoms with Crippen LogP contribution >= 0.6 is 15.9 Å². The minimum Gasteiger partial charge on any atom is -0.444 e. The number of hydrogen-bond donors (Lipinski definition) is 1. The van der Waals surface area contributed by atoms with E-state index in [1.165, 1.54) is 0 Å². The number of nitrogens with zero attached hydrogens (tertiary/aromatic N) is 3. The molecule has 2 aromatic rings. The summed E-state index contributed by atoms with van der Waals surface area (Å²) < 4.78 is 6.12. The second-order valence-corrected chi connectivity index (χ2v) is 9.13. The van der Waals surface area contributed by atoms with E-state index in [0.29, 0.717) is 12.1 Å². The molecule has 1 aromatic carbocycles. The molecular formula is C20H25BrN4O4. The van der Waals surface area contributed by atoms with Crippen LogP contribution in [-0.4, -0.2) is 45.6 Å². The Labute approximate surface area is 177 Å². The first kappa shape index (κ1) is 21.4. The van der Waals surface area contributed by atoms with Crippen LogP contribution in [0.25, 0.3) is 10.8 Å². The molecule has 0 unspecified atom stereocenters. The molecule has 1 aliphatic rings. The molecule has 0 saturated carbocycles.